The molecule has 4 nitrogen and oxygen atoms in total. The minimum atomic E-state index is 0.880. The van der Waals surface area contributed by atoms with Crippen LogP contribution in [0.5, 0.6) is 0 Å². The lowest BCUT2D eigenvalue weighted by atomic mass is 10.1. The van der Waals surface area contributed by atoms with Crippen molar-refractivity contribution >= 4 is 5.69 Å². The van der Waals surface area contributed by atoms with Gasteiger partial charge in [0.1, 0.15) is 0 Å². The van der Waals surface area contributed by atoms with Gasteiger partial charge >= 0.3 is 0 Å². The molecule has 0 spiro atoms. The highest BCUT2D eigenvalue weighted by atomic mass is 16.5. The average Bonchev–Trinajstić information content (AvgIpc) is 2.79. The minimum Gasteiger partial charge on any atom is -0.384 e. The van der Waals surface area contributed by atoms with Crippen molar-refractivity contribution < 1.29 is 4.74 Å². The molecule has 0 atom stereocenters. The van der Waals surface area contributed by atoms with Crippen molar-refractivity contribution in [3.63, 3.8) is 0 Å². The predicted octanol–water partition coefficient (Wildman–Crippen LogP) is 1.38. The molecule has 0 radical (unpaired) electrons. The van der Waals surface area contributed by atoms with Gasteiger partial charge in [-0.25, -0.2) is 0 Å². The van der Waals surface area contributed by atoms with Crippen LogP contribution in [0.4, 0.5) is 5.69 Å². The van der Waals surface area contributed by atoms with Crippen molar-refractivity contribution in [1.82, 2.24) is 9.80 Å². The molecule has 1 saturated heterocycles. The Morgan fingerprint density at radius 1 is 1.16 bits per heavy atom. The molecule has 1 aromatic rings. The summed E-state index contributed by atoms with van der Waals surface area (Å²) in [6.45, 7) is 8.16. The number of ether oxygens (including phenoxy) is 1. The van der Waals surface area contributed by atoms with Gasteiger partial charge in [0.05, 0.1) is 13.2 Å². The molecule has 104 valence electrons. The first kappa shape index (κ1) is 12.9. The van der Waals surface area contributed by atoms with Crippen LogP contribution in [0.25, 0.3) is 0 Å². The molecule has 3 rings (SSSR count). The van der Waals surface area contributed by atoms with Crippen molar-refractivity contribution in [2.45, 2.75) is 13.1 Å². The quantitative estimate of drug-likeness (QED) is 0.886. The van der Waals surface area contributed by atoms with Gasteiger partial charge in [0, 0.05) is 45.0 Å². The van der Waals surface area contributed by atoms with Gasteiger partial charge in [-0.2, -0.15) is 0 Å². The zero-order valence-electron chi connectivity index (χ0n) is 11.7. The van der Waals surface area contributed by atoms with Gasteiger partial charge in [-0.05, 0) is 30.3 Å². The highest BCUT2D eigenvalue weighted by Gasteiger charge is 2.15. The van der Waals surface area contributed by atoms with Crippen LogP contribution in [-0.2, 0) is 17.8 Å². The second-order valence-corrected chi connectivity index (χ2v) is 5.54. The number of anilines is 1. The van der Waals surface area contributed by atoms with E-state index < -0.39 is 0 Å². The Morgan fingerprint density at radius 3 is 2.79 bits per heavy atom. The van der Waals surface area contributed by atoms with Crippen LogP contribution in [0.1, 0.15) is 11.1 Å². The zero-order chi connectivity index (χ0) is 13.1. The molecule has 0 amide bonds. The molecule has 2 heterocycles. The number of nitrogens with one attached hydrogen (secondary N) is 1. The van der Waals surface area contributed by atoms with Gasteiger partial charge in [0.2, 0.25) is 0 Å². The van der Waals surface area contributed by atoms with E-state index in [-0.39, 0.29) is 0 Å². The maximum absolute atomic E-state index is 5.36. The third-order valence-electron chi connectivity index (χ3n) is 3.95. The maximum Gasteiger partial charge on any atom is 0.0594 e. The summed E-state index contributed by atoms with van der Waals surface area (Å²) < 4.78 is 5.36. The molecule has 2 aliphatic rings. The molecule has 2 aliphatic heterocycles. The Balaban J connectivity index is 1.49. The van der Waals surface area contributed by atoms with Crippen LogP contribution in [0.15, 0.2) is 18.2 Å². The Morgan fingerprint density at radius 2 is 1.95 bits per heavy atom. The fourth-order valence-electron chi connectivity index (χ4n) is 2.86. The molecule has 0 aliphatic carbocycles. The number of nitrogens with zero attached hydrogens (tertiary/aromatic N) is 2. The molecule has 4 heteroatoms. The topological polar surface area (TPSA) is 27.7 Å². The predicted molar refractivity (Wildman–Crippen MR) is 77.4 cm³/mol. The molecule has 0 saturated carbocycles. The Labute approximate surface area is 115 Å². The van der Waals surface area contributed by atoms with Gasteiger partial charge in [-0.15, -0.1) is 0 Å². The standard InChI is InChI=1S/C15H23N3O/c1-17-11-13-2-3-15(10-14(13)12-17)16-4-5-18-6-8-19-9-7-18/h2-3,10,16H,4-9,11-12H2,1H3. The van der Waals surface area contributed by atoms with Gasteiger partial charge in [-0.1, -0.05) is 6.07 Å². The number of rotatable bonds is 4. The first-order valence-corrected chi connectivity index (χ1v) is 7.15. The summed E-state index contributed by atoms with van der Waals surface area (Å²) in [5, 5.41) is 3.54. The van der Waals surface area contributed by atoms with Gasteiger partial charge in [-0.3, -0.25) is 9.80 Å². The lowest BCUT2D eigenvalue weighted by molar-refractivity contribution is 0.0398. The van der Waals surface area contributed by atoms with Crippen molar-refractivity contribution in [2.75, 3.05) is 51.8 Å². The molecule has 1 aromatic carbocycles. The minimum absolute atomic E-state index is 0.880. The van der Waals surface area contributed by atoms with Crippen LogP contribution in [0.2, 0.25) is 0 Å². The fourth-order valence-corrected chi connectivity index (χ4v) is 2.86. The Hall–Kier alpha value is -1.10. The van der Waals surface area contributed by atoms with E-state index in [1.54, 1.807) is 0 Å². The fraction of sp³-hybridized carbons (Fsp3) is 0.600. The van der Waals surface area contributed by atoms with Crippen LogP contribution in [-0.4, -0.2) is 56.2 Å². The van der Waals surface area contributed by atoms with Crippen LogP contribution in [0.3, 0.4) is 0 Å². The largest absolute Gasteiger partial charge is 0.384 e. The molecule has 0 aromatic heterocycles. The lowest BCUT2D eigenvalue weighted by Crippen LogP contribution is -2.39. The first-order chi connectivity index (χ1) is 9.31. The van der Waals surface area contributed by atoms with Gasteiger partial charge < -0.3 is 10.1 Å². The number of morpholine rings is 1. The second kappa shape index (κ2) is 5.90. The van der Waals surface area contributed by atoms with Crippen molar-refractivity contribution in [3.05, 3.63) is 29.3 Å². The summed E-state index contributed by atoms with van der Waals surface area (Å²) in [6.07, 6.45) is 0. The van der Waals surface area contributed by atoms with E-state index in [9.17, 15) is 0 Å². The smallest absolute Gasteiger partial charge is 0.0594 e. The van der Waals surface area contributed by atoms with E-state index >= 15 is 0 Å². The highest BCUT2D eigenvalue weighted by molar-refractivity contribution is 5.49. The van der Waals surface area contributed by atoms with Crippen LogP contribution >= 0.6 is 0 Å². The molecule has 1 N–H and O–H groups in total. The van der Waals surface area contributed by atoms with Crippen LogP contribution < -0.4 is 5.32 Å². The van der Waals surface area contributed by atoms with Gasteiger partial charge in [0.25, 0.3) is 0 Å². The molecule has 0 unspecified atom stereocenters. The first-order valence-electron chi connectivity index (χ1n) is 7.15. The highest BCUT2D eigenvalue weighted by Crippen LogP contribution is 2.24. The van der Waals surface area contributed by atoms with E-state index in [2.05, 4.69) is 40.4 Å². The van der Waals surface area contributed by atoms with E-state index in [0.717, 1.165) is 52.5 Å². The summed E-state index contributed by atoms with van der Waals surface area (Å²) in [5.74, 6) is 0. The molecule has 1 fully saturated rings. The Bertz CT molecular complexity index is 429. The average molecular weight is 261 g/mol. The number of benzene rings is 1. The molecule has 19 heavy (non-hydrogen) atoms. The second-order valence-electron chi connectivity index (χ2n) is 5.54. The van der Waals surface area contributed by atoms with E-state index in [1.807, 2.05) is 0 Å². The number of fused-ring (bicyclic) bond motifs is 1. The van der Waals surface area contributed by atoms with E-state index in [4.69, 9.17) is 4.74 Å². The van der Waals surface area contributed by atoms with Crippen molar-refractivity contribution in [3.8, 4) is 0 Å². The summed E-state index contributed by atoms with van der Waals surface area (Å²) in [6, 6.07) is 6.77. The SMILES string of the molecule is CN1Cc2ccc(NCCN3CCOCC3)cc2C1. The Kier molecular flexibility index (Phi) is 4.01. The third-order valence-corrected chi connectivity index (χ3v) is 3.95. The van der Waals surface area contributed by atoms with Crippen LogP contribution in [0, 0.1) is 0 Å². The maximum atomic E-state index is 5.36. The molecule has 0 bridgehead atoms. The summed E-state index contributed by atoms with van der Waals surface area (Å²) in [4.78, 5) is 4.81. The van der Waals surface area contributed by atoms with E-state index in [1.165, 1.54) is 16.8 Å². The molecular formula is C15H23N3O. The summed E-state index contributed by atoms with van der Waals surface area (Å²) in [5.41, 5.74) is 4.20. The lowest BCUT2D eigenvalue weighted by Gasteiger charge is -2.26. The van der Waals surface area contributed by atoms with Gasteiger partial charge in [0.15, 0.2) is 0 Å². The van der Waals surface area contributed by atoms with Crippen molar-refractivity contribution in [2.24, 2.45) is 0 Å². The third kappa shape index (κ3) is 3.26. The number of hydrogen-bond acceptors (Lipinski definition) is 4. The summed E-state index contributed by atoms with van der Waals surface area (Å²) >= 11 is 0. The molecular weight excluding hydrogens is 238 g/mol. The summed E-state index contributed by atoms with van der Waals surface area (Å²) in [7, 11) is 2.17. The zero-order valence-corrected chi connectivity index (χ0v) is 11.7. The van der Waals surface area contributed by atoms with Crippen molar-refractivity contribution in [1.29, 1.82) is 0 Å². The number of hydrogen-bond donors (Lipinski definition) is 1. The monoisotopic (exact) mass is 261 g/mol. The normalized spacial score (nSPS) is 20.5. The van der Waals surface area contributed by atoms with E-state index in [0.29, 0.717) is 0 Å².